The zero-order valence-electron chi connectivity index (χ0n) is 10.5. The number of carbonyl (C=O) groups is 1. The summed E-state index contributed by atoms with van der Waals surface area (Å²) in [6, 6.07) is 5.64. The van der Waals surface area contributed by atoms with Crippen LogP contribution in [0.25, 0.3) is 0 Å². The molecule has 1 N–H and O–H groups in total. The van der Waals surface area contributed by atoms with Crippen molar-refractivity contribution in [3.8, 4) is 0 Å². The molecule has 0 saturated heterocycles. The largest absolute Gasteiger partial charge is 0.351 e. The topological polar surface area (TPSA) is 29.1 Å². The average Bonchev–Trinajstić information content (AvgIpc) is 2.88. The van der Waals surface area contributed by atoms with Crippen LogP contribution in [0.5, 0.6) is 0 Å². The van der Waals surface area contributed by atoms with Gasteiger partial charge in [0.05, 0.1) is 5.56 Å². The molecule has 1 aromatic carbocycles. The number of nitrogens with one attached hydrogen (secondary N) is 1. The molecule has 2 nitrogen and oxygen atoms in total. The lowest BCUT2D eigenvalue weighted by Crippen LogP contribution is -2.37. The van der Waals surface area contributed by atoms with Gasteiger partial charge < -0.3 is 5.32 Å². The average molecular weight is 454 g/mol. The van der Waals surface area contributed by atoms with E-state index in [0.717, 1.165) is 20.8 Å². The minimum Gasteiger partial charge on any atom is -0.351 e. The van der Waals surface area contributed by atoms with Gasteiger partial charge in [-0.3, -0.25) is 4.79 Å². The molecule has 0 heterocycles. The Bertz CT molecular complexity index is 470. The third-order valence-corrected chi connectivity index (χ3v) is 6.12. The summed E-state index contributed by atoms with van der Waals surface area (Å²) < 4.78 is 1.74. The number of carbonyl (C=O) groups excluding carboxylic acids is 1. The van der Waals surface area contributed by atoms with E-state index in [1.54, 1.807) is 0 Å². The minimum atomic E-state index is -0.0135. The van der Waals surface area contributed by atoms with E-state index in [1.807, 2.05) is 18.2 Å². The van der Waals surface area contributed by atoms with Crippen molar-refractivity contribution in [3.05, 3.63) is 32.7 Å². The zero-order valence-corrected chi connectivity index (χ0v) is 15.3. The number of rotatable bonds is 4. The maximum absolute atomic E-state index is 12.3. The Hall–Kier alpha value is 0.130. The molecule has 1 aliphatic rings. The second-order valence-corrected chi connectivity index (χ2v) is 7.48. The summed E-state index contributed by atoms with van der Waals surface area (Å²) in [6.45, 7) is 0.746. The molecule has 0 bridgehead atoms. The lowest BCUT2D eigenvalue weighted by Gasteiger charge is -2.26. The quantitative estimate of drug-likeness (QED) is 0.646. The predicted molar refractivity (Wildman–Crippen MR) is 88.9 cm³/mol. The summed E-state index contributed by atoms with van der Waals surface area (Å²) in [5.74, 6) is -0.0135. The molecule has 19 heavy (non-hydrogen) atoms. The van der Waals surface area contributed by atoms with Crippen molar-refractivity contribution < 1.29 is 4.79 Å². The van der Waals surface area contributed by atoms with Crippen LogP contribution in [0.1, 0.15) is 36.0 Å². The molecule has 2 rings (SSSR count). The maximum atomic E-state index is 12.3. The van der Waals surface area contributed by atoms with Crippen molar-refractivity contribution >= 4 is 53.7 Å². The van der Waals surface area contributed by atoms with Crippen LogP contribution in [0.4, 0.5) is 0 Å². The molecule has 5 heteroatoms. The smallest absolute Gasteiger partial charge is 0.252 e. The first-order valence-electron chi connectivity index (χ1n) is 6.36. The Morgan fingerprint density at radius 2 is 1.95 bits per heavy atom. The molecule has 1 fully saturated rings. The number of alkyl halides is 1. The Labute approximate surface area is 139 Å². The Balaban J connectivity index is 2.03. The third-order valence-electron chi connectivity index (χ3n) is 3.74. The molecule has 0 unspecified atom stereocenters. The van der Waals surface area contributed by atoms with Crippen molar-refractivity contribution in [2.24, 2.45) is 5.41 Å². The molecule has 0 atom stereocenters. The van der Waals surface area contributed by atoms with Gasteiger partial charge in [0.15, 0.2) is 0 Å². The summed E-state index contributed by atoms with van der Waals surface area (Å²) >= 11 is 10.4. The first kappa shape index (κ1) is 15.5. The van der Waals surface area contributed by atoms with Crippen LogP contribution in [0.2, 0.25) is 0 Å². The highest BCUT2D eigenvalue weighted by atomic mass is 79.9. The molecule has 1 aliphatic carbocycles. The SMILES string of the molecule is O=C(NCC1(CBr)CCCC1)c1cc(Br)ccc1Br. The molecular weight excluding hydrogens is 438 g/mol. The maximum Gasteiger partial charge on any atom is 0.252 e. The van der Waals surface area contributed by atoms with Crippen molar-refractivity contribution in [1.82, 2.24) is 5.32 Å². The van der Waals surface area contributed by atoms with Crippen LogP contribution in [0.15, 0.2) is 27.1 Å². The van der Waals surface area contributed by atoms with Crippen LogP contribution in [0.3, 0.4) is 0 Å². The van der Waals surface area contributed by atoms with Crippen molar-refractivity contribution in [3.63, 3.8) is 0 Å². The molecule has 1 amide bonds. The van der Waals surface area contributed by atoms with Crippen molar-refractivity contribution in [2.75, 3.05) is 11.9 Å². The van der Waals surface area contributed by atoms with E-state index < -0.39 is 0 Å². The fourth-order valence-corrected chi connectivity index (χ4v) is 4.06. The van der Waals surface area contributed by atoms with Gasteiger partial charge in [-0.15, -0.1) is 0 Å². The lowest BCUT2D eigenvalue weighted by atomic mass is 9.89. The monoisotopic (exact) mass is 451 g/mol. The number of amides is 1. The number of halogens is 3. The van der Waals surface area contributed by atoms with Gasteiger partial charge in [-0.25, -0.2) is 0 Å². The first-order valence-corrected chi connectivity index (χ1v) is 9.06. The van der Waals surface area contributed by atoms with E-state index >= 15 is 0 Å². The Morgan fingerprint density at radius 1 is 1.26 bits per heavy atom. The summed E-state index contributed by atoms with van der Waals surface area (Å²) in [4.78, 5) is 12.3. The summed E-state index contributed by atoms with van der Waals surface area (Å²) in [5, 5.41) is 4.04. The normalized spacial score (nSPS) is 17.4. The molecule has 104 valence electrons. The van der Waals surface area contributed by atoms with Crippen LogP contribution in [0, 0.1) is 5.41 Å². The van der Waals surface area contributed by atoms with Gasteiger partial charge in [0, 0.05) is 20.8 Å². The van der Waals surface area contributed by atoms with Crippen molar-refractivity contribution in [1.29, 1.82) is 0 Å². The molecule has 0 radical (unpaired) electrons. The number of hydrogen-bond acceptors (Lipinski definition) is 1. The molecule has 0 aliphatic heterocycles. The second-order valence-electron chi connectivity index (χ2n) is 5.15. The van der Waals surface area contributed by atoms with Gasteiger partial charge >= 0.3 is 0 Å². The van der Waals surface area contributed by atoms with Crippen LogP contribution < -0.4 is 5.32 Å². The third kappa shape index (κ3) is 3.82. The highest BCUT2D eigenvalue weighted by molar-refractivity contribution is 9.11. The molecule has 0 spiro atoms. The Kier molecular flexibility index (Phi) is 5.49. The van der Waals surface area contributed by atoms with Gasteiger partial charge in [0.25, 0.3) is 5.91 Å². The van der Waals surface area contributed by atoms with Gasteiger partial charge in [0.2, 0.25) is 0 Å². The fourth-order valence-electron chi connectivity index (χ4n) is 2.52. The van der Waals surface area contributed by atoms with Gasteiger partial charge in [-0.1, -0.05) is 44.7 Å². The van der Waals surface area contributed by atoms with Crippen LogP contribution in [-0.4, -0.2) is 17.8 Å². The lowest BCUT2D eigenvalue weighted by molar-refractivity contribution is 0.0934. The summed E-state index contributed by atoms with van der Waals surface area (Å²) in [6.07, 6.45) is 4.92. The van der Waals surface area contributed by atoms with E-state index in [9.17, 15) is 4.79 Å². The van der Waals surface area contributed by atoms with Crippen molar-refractivity contribution in [2.45, 2.75) is 25.7 Å². The first-order chi connectivity index (χ1) is 9.06. The van der Waals surface area contributed by atoms with E-state index in [1.165, 1.54) is 25.7 Å². The molecular formula is C14H16Br3NO. The molecule has 0 aromatic heterocycles. The Morgan fingerprint density at radius 3 is 2.58 bits per heavy atom. The summed E-state index contributed by atoms with van der Waals surface area (Å²) in [5.41, 5.74) is 0.922. The minimum absolute atomic E-state index is 0.0135. The summed E-state index contributed by atoms with van der Waals surface area (Å²) in [7, 11) is 0. The van der Waals surface area contributed by atoms with Crippen LogP contribution >= 0.6 is 47.8 Å². The number of hydrogen-bond donors (Lipinski definition) is 1. The number of benzene rings is 1. The standard InChI is InChI=1S/C14H16Br3NO/c15-8-14(5-1-2-6-14)9-18-13(19)11-7-10(16)3-4-12(11)17/h3-4,7H,1-2,5-6,8-9H2,(H,18,19). The van der Waals surface area contributed by atoms with Gasteiger partial charge in [-0.05, 0) is 52.4 Å². The van der Waals surface area contributed by atoms with Gasteiger partial charge in [-0.2, -0.15) is 0 Å². The van der Waals surface area contributed by atoms with E-state index in [-0.39, 0.29) is 11.3 Å². The molecule has 1 saturated carbocycles. The molecule has 1 aromatic rings. The van der Waals surface area contributed by atoms with Crippen LogP contribution in [-0.2, 0) is 0 Å². The van der Waals surface area contributed by atoms with E-state index in [4.69, 9.17) is 0 Å². The van der Waals surface area contributed by atoms with E-state index in [0.29, 0.717) is 5.56 Å². The predicted octanol–water partition coefficient (Wildman–Crippen LogP) is 4.90. The highest BCUT2D eigenvalue weighted by Gasteiger charge is 2.33. The van der Waals surface area contributed by atoms with Gasteiger partial charge in [0.1, 0.15) is 0 Å². The zero-order chi connectivity index (χ0) is 13.9. The second kappa shape index (κ2) is 6.72. The highest BCUT2D eigenvalue weighted by Crippen LogP contribution is 2.39. The van der Waals surface area contributed by atoms with E-state index in [2.05, 4.69) is 53.1 Å². The fraction of sp³-hybridized carbons (Fsp3) is 0.500.